The maximum atomic E-state index is 14.2. The van der Waals surface area contributed by atoms with Crippen molar-refractivity contribution in [1.29, 1.82) is 0 Å². The van der Waals surface area contributed by atoms with Crippen LogP contribution in [-0.2, 0) is 4.79 Å². The van der Waals surface area contributed by atoms with Crippen molar-refractivity contribution < 1.29 is 18.7 Å². The van der Waals surface area contributed by atoms with Crippen LogP contribution in [0.15, 0.2) is 77.9 Å². The van der Waals surface area contributed by atoms with E-state index < -0.39 is 0 Å². The summed E-state index contributed by atoms with van der Waals surface area (Å²) in [5.41, 5.74) is 3.33. The predicted octanol–water partition coefficient (Wildman–Crippen LogP) is 4.34. The van der Waals surface area contributed by atoms with E-state index in [4.69, 9.17) is 14.6 Å². The van der Waals surface area contributed by atoms with Gasteiger partial charge in [0, 0.05) is 38.2 Å². The van der Waals surface area contributed by atoms with E-state index in [1.54, 1.807) is 31.4 Å². The summed E-state index contributed by atoms with van der Waals surface area (Å²) in [4.78, 5) is 17.8. The van der Waals surface area contributed by atoms with Crippen molar-refractivity contribution in [3.8, 4) is 11.5 Å². The Bertz CT molecular complexity index is 1270. The first-order valence-corrected chi connectivity index (χ1v) is 12.5. The van der Waals surface area contributed by atoms with E-state index in [9.17, 15) is 9.18 Å². The number of piperazine rings is 1. The van der Waals surface area contributed by atoms with Crippen LogP contribution in [0, 0.1) is 5.82 Å². The van der Waals surface area contributed by atoms with Crippen LogP contribution in [0.1, 0.15) is 23.6 Å². The molecule has 0 aliphatic carbocycles. The molecule has 0 unspecified atom stereocenters. The Hall–Kier alpha value is -3.91. The van der Waals surface area contributed by atoms with Gasteiger partial charge in [0.25, 0.3) is 5.91 Å². The maximum Gasteiger partial charge on any atom is 0.257 e. The largest absolute Gasteiger partial charge is 0.497 e. The molecule has 3 aromatic carbocycles. The number of amides is 1. The second kappa shape index (κ2) is 11.0. The van der Waals surface area contributed by atoms with Crippen molar-refractivity contribution in [2.45, 2.75) is 12.5 Å². The number of hydrogen-bond donors (Lipinski definition) is 0. The fraction of sp³-hybridized carbons (Fsp3) is 0.310. The van der Waals surface area contributed by atoms with Gasteiger partial charge in [-0.25, -0.2) is 9.40 Å². The molecule has 0 spiro atoms. The lowest BCUT2D eigenvalue weighted by molar-refractivity contribution is -0.134. The third kappa shape index (κ3) is 5.29. The molecular weight excluding hydrogens is 471 g/mol. The number of hydrogen-bond acceptors (Lipinski definition) is 6. The van der Waals surface area contributed by atoms with Crippen LogP contribution in [0.5, 0.6) is 11.5 Å². The van der Waals surface area contributed by atoms with Gasteiger partial charge in [-0.05, 0) is 48.0 Å². The number of para-hydroxylation sites is 2. The summed E-state index contributed by atoms with van der Waals surface area (Å²) in [6, 6.07) is 22.1. The topological polar surface area (TPSA) is 57.6 Å². The molecule has 192 valence electrons. The number of rotatable bonds is 7. The number of nitrogens with zero attached hydrogens (tertiary/aromatic N) is 4. The van der Waals surface area contributed by atoms with E-state index in [-0.39, 0.29) is 24.3 Å². The van der Waals surface area contributed by atoms with Gasteiger partial charge in [0.15, 0.2) is 0 Å². The number of hydrazone groups is 1. The molecular formula is C29H31FN4O3. The lowest BCUT2D eigenvalue weighted by Crippen LogP contribution is -2.49. The molecule has 0 bridgehead atoms. The number of benzene rings is 3. The highest BCUT2D eigenvalue weighted by molar-refractivity contribution is 6.03. The zero-order chi connectivity index (χ0) is 25.8. The fourth-order valence-electron chi connectivity index (χ4n) is 5.00. The molecule has 1 fully saturated rings. The van der Waals surface area contributed by atoms with E-state index >= 15 is 0 Å². The van der Waals surface area contributed by atoms with Crippen LogP contribution in [0.3, 0.4) is 0 Å². The van der Waals surface area contributed by atoms with Gasteiger partial charge >= 0.3 is 0 Å². The summed E-state index contributed by atoms with van der Waals surface area (Å²) in [5, 5.41) is 6.42. The summed E-state index contributed by atoms with van der Waals surface area (Å²) in [6.07, 6.45) is 0.583. The van der Waals surface area contributed by atoms with Gasteiger partial charge in [-0.3, -0.25) is 9.69 Å². The van der Waals surface area contributed by atoms with E-state index in [0.29, 0.717) is 38.3 Å². The Balaban J connectivity index is 1.33. The minimum absolute atomic E-state index is 0.0706. The normalized spacial score (nSPS) is 18.0. The molecule has 3 aromatic rings. The number of halogens is 1. The molecule has 1 amide bonds. The quantitative estimate of drug-likeness (QED) is 0.481. The molecule has 2 aliphatic heterocycles. The predicted molar refractivity (Wildman–Crippen MR) is 142 cm³/mol. The monoisotopic (exact) mass is 502 g/mol. The van der Waals surface area contributed by atoms with Gasteiger partial charge in [0.05, 0.1) is 38.2 Å². The van der Waals surface area contributed by atoms with Crippen molar-refractivity contribution in [3.05, 3.63) is 89.7 Å². The van der Waals surface area contributed by atoms with Crippen LogP contribution >= 0.6 is 0 Å². The molecule has 37 heavy (non-hydrogen) atoms. The number of carbonyl (C=O) groups excluding carboxylic acids is 1. The molecule has 7 nitrogen and oxygen atoms in total. The zero-order valence-corrected chi connectivity index (χ0v) is 21.1. The summed E-state index contributed by atoms with van der Waals surface area (Å²) in [6.45, 7) is 2.90. The van der Waals surface area contributed by atoms with Crippen LogP contribution in [0.2, 0.25) is 0 Å². The van der Waals surface area contributed by atoms with Gasteiger partial charge in [0.1, 0.15) is 17.3 Å². The number of ether oxygens (including phenoxy) is 2. The molecule has 0 N–H and O–H groups in total. The fourth-order valence-corrected chi connectivity index (χ4v) is 5.00. The maximum absolute atomic E-state index is 14.2. The molecule has 2 aliphatic rings. The van der Waals surface area contributed by atoms with Crippen molar-refractivity contribution in [1.82, 2.24) is 9.91 Å². The Morgan fingerprint density at radius 2 is 1.62 bits per heavy atom. The van der Waals surface area contributed by atoms with Crippen LogP contribution in [0.25, 0.3) is 0 Å². The highest BCUT2D eigenvalue weighted by atomic mass is 19.1. The van der Waals surface area contributed by atoms with E-state index in [1.807, 2.05) is 59.5 Å². The summed E-state index contributed by atoms with van der Waals surface area (Å²) in [7, 11) is 3.27. The SMILES string of the molecule is COc1ccc(C2=NN(C(=O)CN3CCN(c4ccccc4F)CC3)[C@H](c3ccccc3OC)C2)cc1. The third-order valence-electron chi connectivity index (χ3n) is 7.01. The number of anilines is 1. The van der Waals surface area contributed by atoms with Crippen molar-refractivity contribution in [2.75, 3.05) is 51.8 Å². The van der Waals surface area contributed by atoms with Crippen LogP contribution < -0.4 is 14.4 Å². The molecule has 0 saturated carbocycles. The van der Waals surface area contributed by atoms with Gasteiger partial charge < -0.3 is 14.4 Å². The van der Waals surface area contributed by atoms with Crippen LogP contribution in [0.4, 0.5) is 10.1 Å². The smallest absolute Gasteiger partial charge is 0.257 e. The lowest BCUT2D eigenvalue weighted by Gasteiger charge is -2.36. The third-order valence-corrected chi connectivity index (χ3v) is 7.01. The average molecular weight is 503 g/mol. The van der Waals surface area contributed by atoms with Crippen molar-refractivity contribution in [3.63, 3.8) is 0 Å². The molecule has 1 saturated heterocycles. The van der Waals surface area contributed by atoms with Crippen LogP contribution in [-0.4, -0.2) is 68.5 Å². The highest BCUT2D eigenvalue weighted by Gasteiger charge is 2.35. The van der Waals surface area contributed by atoms with Gasteiger partial charge in [0.2, 0.25) is 0 Å². The number of methoxy groups -OCH3 is 2. The first kappa shape index (κ1) is 24.8. The molecule has 0 aromatic heterocycles. The molecule has 5 rings (SSSR count). The highest BCUT2D eigenvalue weighted by Crippen LogP contribution is 2.37. The van der Waals surface area contributed by atoms with Gasteiger partial charge in [-0.15, -0.1) is 0 Å². The minimum atomic E-state index is -0.263. The van der Waals surface area contributed by atoms with Gasteiger partial charge in [-0.1, -0.05) is 30.3 Å². The van der Waals surface area contributed by atoms with E-state index in [0.717, 1.165) is 28.3 Å². The Morgan fingerprint density at radius 3 is 2.32 bits per heavy atom. The minimum Gasteiger partial charge on any atom is -0.497 e. The summed E-state index contributed by atoms with van der Waals surface area (Å²) in [5.74, 6) is 1.21. The molecule has 1 atom stereocenters. The zero-order valence-electron chi connectivity index (χ0n) is 21.1. The van der Waals surface area contributed by atoms with Crippen molar-refractivity contribution >= 4 is 17.3 Å². The first-order valence-electron chi connectivity index (χ1n) is 12.5. The second-order valence-electron chi connectivity index (χ2n) is 9.19. The Labute approximate surface area is 216 Å². The molecule has 0 radical (unpaired) electrons. The van der Waals surface area contributed by atoms with E-state index in [2.05, 4.69) is 4.90 Å². The molecule has 2 heterocycles. The lowest BCUT2D eigenvalue weighted by atomic mass is 9.97. The van der Waals surface area contributed by atoms with Gasteiger partial charge in [-0.2, -0.15) is 5.10 Å². The summed E-state index contributed by atoms with van der Waals surface area (Å²) >= 11 is 0. The first-order chi connectivity index (χ1) is 18.1. The van der Waals surface area contributed by atoms with Crippen molar-refractivity contribution in [2.24, 2.45) is 5.10 Å². The summed E-state index contributed by atoms with van der Waals surface area (Å²) < 4.78 is 25.1. The second-order valence-corrected chi connectivity index (χ2v) is 9.19. The molecule has 8 heteroatoms. The Morgan fingerprint density at radius 1 is 0.919 bits per heavy atom. The van der Waals surface area contributed by atoms with E-state index in [1.165, 1.54) is 6.07 Å². The average Bonchev–Trinajstić information content (AvgIpc) is 3.39. The number of carbonyl (C=O) groups is 1. The standard InChI is InChI=1S/C29H31FN4O3/c1-36-22-13-11-21(12-14-22)25-19-27(23-7-3-6-10-28(23)37-2)34(31-25)29(35)20-32-15-17-33(18-16-32)26-9-5-4-8-24(26)30/h3-14,27H,15-20H2,1-2H3/t27-/m0/s1. The Kier molecular flexibility index (Phi) is 7.37.